The summed E-state index contributed by atoms with van der Waals surface area (Å²) in [5, 5.41) is 3.02. The fourth-order valence-corrected chi connectivity index (χ4v) is 2.76. The van der Waals surface area contributed by atoms with Gasteiger partial charge >= 0.3 is 7.82 Å². The Kier molecular flexibility index (Phi) is 11.2. The molecule has 6 nitrogen and oxygen atoms in total. The van der Waals surface area contributed by atoms with E-state index < -0.39 is 7.82 Å². The van der Waals surface area contributed by atoms with E-state index in [1.165, 1.54) is 13.2 Å². The second kappa shape index (κ2) is 12.8. The van der Waals surface area contributed by atoms with Crippen LogP contribution in [0.5, 0.6) is 17.2 Å². The van der Waals surface area contributed by atoms with Gasteiger partial charge in [-0.1, -0.05) is 24.3 Å². The molecule has 144 valence electrons. The van der Waals surface area contributed by atoms with Crippen LogP contribution >= 0.6 is 31.0 Å². The maximum Gasteiger partial charge on any atom is 0.584 e. The number of hydrogen-bond donors (Lipinski definition) is 2. The zero-order valence-electron chi connectivity index (χ0n) is 14.3. The Labute approximate surface area is 163 Å². The molecule has 0 spiro atoms. The molecule has 0 aliphatic rings. The van der Waals surface area contributed by atoms with Crippen LogP contribution in [0.15, 0.2) is 54.6 Å². The third-order valence-corrected chi connectivity index (χ3v) is 4.03. The molecule has 0 bridgehead atoms. The highest BCUT2D eigenvalue weighted by Gasteiger charge is 2.25. The molecule has 2 N–H and O–H groups in total. The summed E-state index contributed by atoms with van der Waals surface area (Å²) in [4.78, 5) is 9.66. The van der Waals surface area contributed by atoms with Crippen LogP contribution in [0, 0.1) is 0 Å². The molecule has 2 aromatic rings. The third-order valence-electron chi connectivity index (χ3n) is 2.77. The first-order valence-electron chi connectivity index (χ1n) is 7.74. The van der Waals surface area contributed by atoms with E-state index in [1.807, 2.05) is 0 Å². The number of phosphoric ester groups is 1. The smallest absolute Gasteiger partial charge is 0.497 e. The predicted octanol–water partition coefficient (Wildman–Crippen LogP) is 4.31. The number of nitrogens with one attached hydrogen (secondary N) is 1. The minimum atomic E-state index is -4.22. The van der Waals surface area contributed by atoms with Gasteiger partial charge in [-0.15, -0.1) is 23.2 Å². The second-order valence-corrected chi connectivity index (χ2v) is 6.83. The molecule has 0 fully saturated rings. The van der Waals surface area contributed by atoms with Gasteiger partial charge in [0.25, 0.3) is 0 Å². The van der Waals surface area contributed by atoms with Crippen molar-refractivity contribution < 1.29 is 23.2 Å². The van der Waals surface area contributed by atoms with E-state index in [1.54, 1.807) is 48.5 Å². The predicted molar refractivity (Wildman–Crippen MR) is 105 cm³/mol. The molecule has 0 aliphatic heterocycles. The van der Waals surface area contributed by atoms with Gasteiger partial charge in [0.05, 0.1) is 7.11 Å². The maximum atomic E-state index is 11.8. The maximum absolute atomic E-state index is 11.8. The van der Waals surface area contributed by atoms with Gasteiger partial charge in [-0.05, 0) is 24.3 Å². The molecule has 0 aromatic heterocycles. The molecule has 1 atom stereocenters. The van der Waals surface area contributed by atoms with E-state index in [0.717, 1.165) is 13.1 Å². The van der Waals surface area contributed by atoms with Crippen LogP contribution in [-0.2, 0) is 4.57 Å². The van der Waals surface area contributed by atoms with Crippen molar-refractivity contribution in [2.24, 2.45) is 0 Å². The summed E-state index contributed by atoms with van der Waals surface area (Å²) in [6.45, 7) is 1.71. The lowest BCUT2D eigenvalue weighted by molar-refractivity contribution is 0.290. The van der Waals surface area contributed by atoms with Crippen molar-refractivity contribution in [2.45, 2.75) is 0 Å². The Morgan fingerprint density at radius 3 is 2.04 bits per heavy atom. The third kappa shape index (κ3) is 9.90. The number of alkyl halides is 2. The minimum Gasteiger partial charge on any atom is -0.497 e. The average Bonchev–Trinajstić information content (AvgIpc) is 2.63. The van der Waals surface area contributed by atoms with Gasteiger partial charge in [0.15, 0.2) is 0 Å². The number of para-hydroxylation sites is 1. The van der Waals surface area contributed by atoms with Crippen molar-refractivity contribution in [3.05, 3.63) is 54.6 Å². The molecule has 0 radical (unpaired) electrons. The number of hydrogen-bond acceptors (Lipinski definition) is 5. The molecular weight excluding hydrogens is 400 g/mol. The van der Waals surface area contributed by atoms with Crippen LogP contribution in [0.1, 0.15) is 0 Å². The van der Waals surface area contributed by atoms with E-state index >= 15 is 0 Å². The molecule has 2 rings (SSSR count). The molecule has 0 heterocycles. The Morgan fingerprint density at radius 2 is 1.46 bits per heavy atom. The summed E-state index contributed by atoms with van der Waals surface area (Å²) in [5.74, 6) is 2.31. The molecule has 0 saturated heterocycles. The van der Waals surface area contributed by atoms with Crippen molar-refractivity contribution in [1.82, 2.24) is 5.32 Å². The van der Waals surface area contributed by atoms with Crippen LogP contribution in [0.3, 0.4) is 0 Å². The van der Waals surface area contributed by atoms with Crippen molar-refractivity contribution in [1.29, 1.82) is 0 Å². The largest absolute Gasteiger partial charge is 0.584 e. The molecular formula is C17H22Cl2NO5P. The van der Waals surface area contributed by atoms with Crippen LogP contribution < -0.4 is 19.1 Å². The Bertz CT molecular complexity index is 671. The molecule has 0 aliphatic carbocycles. The monoisotopic (exact) mass is 421 g/mol. The standard InChI is InChI=1S/C13H13O5P.C4H9Cl2N/c1-16-12-8-5-9-13(10-12)18-19(14,15)17-11-6-3-2-4-7-11;5-1-3-7-4-2-6/h2-10H,1H3,(H,14,15);7H,1-4H2. The van der Waals surface area contributed by atoms with Gasteiger partial charge in [-0.25, -0.2) is 4.57 Å². The summed E-state index contributed by atoms with van der Waals surface area (Å²) in [5.41, 5.74) is 0. The molecule has 26 heavy (non-hydrogen) atoms. The first-order chi connectivity index (χ1) is 12.5. The SMILES string of the molecule is COc1cccc(OP(=O)(O)Oc2ccccc2)c1.ClCCNCCCl. The van der Waals surface area contributed by atoms with E-state index in [9.17, 15) is 9.46 Å². The van der Waals surface area contributed by atoms with Crippen molar-refractivity contribution in [2.75, 3.05) is 32.0 Å². The Balaban J connectivity index is 0.000000412. The zero-order valence-corrected chi connectivity index (χ0v) is 16.7. The highest BCUT2D eigenvalue weighted by molar-refractivity contribution is 7.48. The van der Waals surface area contributed by atoms with E-state index in [-0.39, 0.29) is 11.5 Å². The van der Waals surface area contributed by atoms with Gasteiger partial charge < -0.3 is 19.1 Å². The highest BCUT2D eigenvalue weighted by Crippen LogP contribution is 2.44. The quantitative estimate of drug-likeness (QED) is 0.357. The molecule has 2 aromatic carbocycles. The zero-order chi connectivity index (χ0) is 19.3. The Morgan fingerprint density at radius 1 is 0.923 bits per heavy atom. The lowest BCUT2D eigenvalue weighted by atomic mass is 10.3. The van der Waals surface area contributed by atoms with Gasteiger partial charge in [0.1, 0.15) is 17.2 Å². The average molecular weight is 422 g/mol. The van der Waals surface area contributed by atoms with Crippen LogP contribution in [0.2, 0.25) is 0 Å². The topological polar surface area (TPSA) is 77.0 Å². The summed E-state index contributed by atoms with van der Waals surface area (Å²) >= 11 is 10.7. The van der Waals surface area contributed by atoms with Gasteiger partial charge in [0.2, 0.25) is 0 Å². The summed E-state index contributed by atoms with van der Waals surface area (Å²) < 4.78 is 26.7. The minimum absolute atomic E-state index is 0.195. The van der Waals surface area contributed by atoms with Crippen molar-refractivity contribution in [3.8, 4) is 17.2 Å². The fraction of sp³-hybridized carbons (Fsp3) is 0.294. The Hall–Kier alpha value is -1.43. The fourth-order valence-electron chi connectivity index (χ4n) is 1.68. The number of rotatable bonds is 9. The van der Waals surface area contributed by atoms with Crippen LogP contribution in [0.25, 0.3) is 0 Å². The second-order valence-electron chi connectivity index (χ2n) is 4.77. The summed E-state index contributed by atoms with van der Waals surface area (Å²) in [6.07, 6.45) is 0. The molecule has 0 saturated carbocycles. The van der Waals surface area contributed by atoms with Crippen molar-refractivity contribution >= 4 is 31.0 Å². The lowest BCUT2D eigenvalue weighted by Crippen LogP contribution is -2.18. The number of halogens is 2. The van der Waals surface area contributed by atoms with Gasteiger partial charge in [0, 0.05) is 30.9 Å². The van der Waals surface area contributed by atoms with Crippen molar-refractivity contribution in [3.63, 3.8) is 0 Å². The number of phosphoric acid groups is 1. The van der Waals surface area contributed by atoms with E-state index in [2.05, 4.69) is 5.32 Å². The van der Waals surface area contributed by atoms with Gasteiger partial charge in [-0.3, -0.25) is 4.89 Å². The summed E-state index contributed by atoms with van der Waals surface area (Å²) in [7, 11) is -2.72. The van der Waals surface area contributed by atoms with Crippen LogP contribution in [-0.4, -0.2) is 36.9 Å². The van der Waals surface area contributed by atoms with Crippen LogP contribution in [0.4, 0.5) is 0 Å². The van der Waals surface area contributed by atoms with Gasteiger partial charge in [-0.2, -0.15) is 0 Å². The molecule has 0 amide bonds. The number of methoxy groups -OCH3 is 1. The first kappa shape index (κ1) is 22.6. The first-order valence-corrected chi connectivity index (χ1v) is 10.3. The van der Waals surface area contributed by atoms with E-state index in [0.29, 0.717) is 17.5 Å². The normalized spacial score (nSPS) is 12.3. The molecule has 9 heteroatoms. The van der Waals surface area contributed by atoms with E-state index in [4.69, 9.17) is 37.0 Å². The summed E-state index contributed by atoms with van der Waals surface area (Å²) in [6, 6.07) is 14.7. The number of ether oxygens (including phenoxy) is 1. The number of benzene rings is 2. The molecule has 1 unspecified atom stereocenters. The highest BCUT2D eigenvalue weighted by atomic mass is 35.5. The lowest BCUT2D eigenvalue weighted by Gasteiger charge is -2.14.